The lowest BCUT2D eigenvalue weighted by atomic mass is 10.2. The fourth-order valence-corrected chi connectivity index (χ4v) is 1.57. The van der Waals surface area contributed by atoms with Crippen LogP contribution in [0.1, 0.15) is 12.5 Å². The SMILES string of the molecule is C=C(C)CNC(N)=NCc1ccc(-n2cncn2)cc1. The van der Waals surface area contributed by atoms with Crippen LogP contribution in [0.5, 0.6) is 0 Å². The van der Waals surface area contributed by atoms with Gasteiger partial charge in [-0.05, 0) is 24.6 Å². The Kier molecular flexibility index (Phi) is 4.49. The first-order chi connectivity index (χ1) is 9.65. The molecule has 104 valence electrons. The van der Waals surface area contributed by atoms with Crippen molar-refractivity contribution in [2.75, 3.05) is 6.54 Å². The molecule has 1 aromatic heterocycles. The smallest absolute Gasteiger partial charge is 0.189 e. The molecular formula is C14H18N6. The Balaban J connectivity index is 1.94. The van der Waals surface area contributed by atoms with Gasteiger partial charge in [-0.1, -0.05) is 24.3 Å². The average Bonchev–Trinajstić information content (AvgIpc) is 2.97. The highest BCUT2D eigenvalue weighted by atomic mass is 15.3. The van der Waals surface area contributed by atoms with E-state index in [-0.39, 0.29) is 0 Å². The topological polar surface area (TPSA) is 81.1 Å². The largest absolute Gasteiger partial charge is 0.370 e. The summed E-state index contributed by atoms with van der Waals surface area (Å²) in [5.41, 5.74) is 8.81. The number of hydrogen-bond donors (Lipinski definition) is 2. The van der Waals surface area contributed by atoms with Gasteiger partial charge in [0, 0.05) is 6.54 Å². The van der Waals surface area contributed by atoms with Crippen LogP contribution in [-0.4, -0.2) is 27.3 Å². The van der Waals surface area contributed by atoms with Gasteiger partial charge in [0.15, 0.2) is 5.96 Å². The van der Waals surface area contributed by atoms with Crippen LogP contribution in [0.2, 0.25) is 0 Å². The third-order valence-corrected chi connectivity index (χ3v) is 2.62. The molecule has 0 aliphatic heterocycles. The molecule has 1 heterocycles. The minimum absolute atomic E-state index is 0.424. The number of guanidine groups is 1. The Morgan fingerprint density at radius 3 is 2.75 bits per heavy atom. The van der Waals surface area contributed by atoms with Gasteiger partial charge in [0.1, 0.15) is 12.7 Å². The first-order valence-electron chi connectivity index (χ1n) is 6.27. The molecule has 1 aromatic carbocycles. The number of rotatable bonds is 5. The average molecular weight is 270 g/mol. The second-order valence-electron chi connectivity index (χ2n) is 4.52. The molecule has 0 amide bonds. The quantitative estimate of drug-likeness (QED) is 0.487. The summed E-state index contributed by atoms with van der Waals surface area (Å²) in [5.74, 6) is 0.424. The predicted octanol–water partition coefficient (Wildman–Crippen LogP) is 1.25. The monoisotopic (exact) mass is 270 g/mol. The van der Waals surface area contributed by atoms with Crippen LogP contribution < -0.4 is 11.1 Å². The van der Waals surface area contributed by atoms with Gasteiger partial charge >= 0.3 is 0 Å². The zero-order chi connectivity index (χ0) is 14.4. The van der Waals surface area contributed by atoms with Crippen molar-refractivity contribution in [3.8, 4) is 5.69 Å². The van der Waals surface area contributed by atoms with Crippen molar-refractivity contribution in [2.45, 2.75) is 13.5 Å². The molecule has 6 heteroatoms. The van der Waals surface area contributed by atoms with Crippen LogP contribution in [0.3, 0.4) is 0 Å². The summed E-state index contributed by atoms with van der Waals surface area (Å²) in [7, 11) is 0. The Hall–Kier alpha value is -2.63. The van der Waals surface area contributed by atoms with Crippen molar-refractivity contribution in [2.24, 2.45) is 10.7 Å². The van der Waals surface area contributed by atoms with Crippen LogP contribution in [-0.2, 0) is 6.54 Å². The minimum Gasteiger partial charge on any atom is -0.370 e. The second-order valence-corrected chi connectivity index (χ2v) is 4.52. The van der Waals surface area contributed by atoms with E-state index in [2.05, 4.69) is 27.0 Å². The molecule has 0 atom stereocenters. The number of nitrogens with two attached hydrogens (primary N) is 1. The van der Waals surface area contributed by atoms with E-state index in [1.54, 1.807) is 11.0 Å². The summed E-state index contributed by atoms with van der Waals surface area (Å²) in [6.07, 6.45) is 3.17. The Morgan fingerprint density at radius 1 is 1.40 bits per heavy atom. The van der Waals surface area contributed by atoms with Crippen LogP contribution >= 0.6 is 0 Å². The highest BCUT2D eigenvalue weighted by Gasteiger charge is 1.98. The molecule has 0 aliphatic rings. The zero-order valence-electron chi connectivity index (χ0n) is 11.5. The summed E-state index contributed by atoms with van der Waals surface area (Å²) in [5, 5.41) is 7.06. The van der Waals surface area contributed by atoms with Crippen molar-refractivity contribution in [1.29, 1.82) is 0 Å². The van der Waals surface area contributed by atoms with E-state index in [4.69, 9.17) is 5.73 Å². The molecule has 0 fully saturated rings. The Labute approximate surface area is 118 Å². The molecule has 0 saturated carbocycles. The van der Waals surface area contributed by atoms with Gasteiger partial charge < -0.3 is 11.1 Å². The maximum Gasteiger partial charge on any atom is 0.189 e. The van der Waals surface area contributed by atoms with Gasteiger partial charge in [-0.2, -0.15) is 5.10 Å². The van der Waals surface area contributed by atoms with Crippen molar-refractivity contribution in [3.05, 3.63) is 54.6 Å². The van der Waals surface area contributed by atoms with Crippen LogP contribution in [0.15, 0.2) is 54.1 Å². The highest BCUT2D eigenvalue weighted by Crippen LogP contribution is 2.08. The fourth-order valence-electron chi connectivity index (χ4n) is 1.57. The molecule has 2 rings (SSSR count). The van der Waals surface area contributed by atoms with E-state index in [1.807, 2.05) is 31.2 Å². The van der Waals surface area contributed by atoms with Gasteiger partial charge in [0.05, 0.1) is 12.2 Å². The lowest BCUT2D eigenvalue weighted by Gasteiger charge is -2.05. The second kappa shape index (κ2) is 6.51. The lowest BCUT2D eigenvalue weighted by molar-refractivity contribution is 0.876. The van der Waals surface area contributed by atoms with Gasteiger partial charge in [-0.3, -0.25) is 0 Å². The molecular weight excluding hydrogens is 252 g/mol. The van der Waals surface area contributed by atoms with E-state index in [1.165, 1.54) is 6.33 Å². The van der Waals surface area contributed by atoms with Crippen LogP contribution in [0, 0.1) is 0 Å². The highest BCUT2D eigenvalue weighted by molar-refractivity contribution is 5.78. The fraction of sp³-hybridized carbons (Fsp3) is 0.214. The van der Waals surface area contributed by atoms with E-state index in [0.717, 1.165) is 16.8 Å². The van der Waals surface area contributed by atoms with E-state index in [9.17, 15) is 0 Å². The lowest BCUT2D eigenvalue weighted by Crippen LogP contribution is -2.32. The van der Waals surface area contributed by atoms with Crippen molar-refractivity contribution in [3.63, 3.8) is 0 Å². The van der Waals surface area contributed by atoms with E-state index in [0.29, 0.717) is 19.0 Å². The molecule has 0 aliphatic carbocycles. The number of nitrogens with one attached hydrogen (secondary N) is 1. The summed E-state index contributed by atoms with van der Waals surface area (Å²) in [6, 6.07) is 7.92. The third kappa shape index (κ3) is 3.94. The van der Waals surface area contributed by atoms with Crippen molar-refractivity contribution < 1.29 is 0 Å². The number of hydrogen-bond acceptors (Lipinski definition) is 3. The van der Waals surface area contributed by atoms with Crippen LogP contribution in [0.4, 0.5) is 0 Å². The molecule has 6 nitrogen and oxygen atoms in total. The standard InChI is InChI=1S/C14H18N6/c1-11(2)7-17-14(15)18-8-12-3-5-13(6-4-12)20-10-16-9-19-20/h3-6,9-10H,1,7-8H2,2H3,(H3,15,17,18). The van der Waals surface area contributed by atoms with Gasteiger partial charge in [-0.25, -0.2) is 14.7 Å². The summed E-state index contributed by atoms with van der Waals surface area (Å²) in [6.45, 7) is 6.90. The molecule has 0 saturated heterocycles. The molecule has 0 radical (unpaired) electrons. The van der Waals surface area contributed by atoms with Gasteiger partial charge in [0.2, 0.25) is 0 Å². The number of aromatic nitrogens is 3. The molecule has 0 spiro atoms. The maximum absolute atomic E-state index is 5.75. The third-order valence-electron chi connectivity index (χ3n) is 2.62. The predicted molar refractivity (Wildman–Crippen MR) is 79.5 cm³/mol. The Bertz CT molecular complexity index is 583. The maximum atomic E-state index is 5.75. The number of benzene rings is 1. The number of nitrogens with zero attached hydrogens (tertiary/aromatic N) is 4. The molecule has 2 aromatic rings. The summed E-state index contributed by atoms with van der Waals surface area (Å²) < 4.78 is 1.70. The first-order valence-corrected chi connectivity index (χ1v) is 6.27. The molecule has 20 heavy (non-hydrogen) atoms. The number of aliphatic imine (C=N–C) groups is 1. The van der Waals surface area contributed by atoms with Crippen molar-refractivity contribution >= 4 is 5.96 Å². The molecule has 3 N–H and O–H groups in total. The normalized spacial score (nSPS) is 11.3. The summed E-state index contributed by atoms with van der Waals surface area (Å²) in [4.78, 5) is 8.18. The van der Waals surface area contributed by atoms with E-state index < -0.39 is 0 Å². The van der Waals surface area contributed by atoms with Gasteiger partial charge in [0.25, 0.3) is 0 Å². The first kappa shape index (κ1) is 13.8. The van der Waals surface area contributed by atoms with E-state index >= 15 is 0 Å². The Morgan fingerprint density at radius 2 is 2.15 bits per heavy atom. The molecule has 0 unspecified atom stereocenters. The zero-order valence-corrected chi connectivity index (χ0v) is 11.5. The summed E-state index contributed by atoms with van der Waals surface area (Å²) >= 11 is 0. The molecule has 0 bridgehead atoms. The minimum atomic E-state index is 0.424. The van der Waals surface area contributed by atoms with Gasteiger partial charge in [-0.15, -0.1) is 0 Å². The van der Waals surface area contributed by atoms with Crippen molar-refractivity contribution in [1.82, 2.24) is 20.1 Å². The van der Waals surface area contributed by atoms with Crippen LogP contribution in [0.25, 0.3) is 5.69 Å².